The Hall–Kier alpha value is -2.67. The third-order valence-corrected chi connectivity index (χ3v) is 4.02. The SMILES string of the molecule is CN(C)CCn1ccc2nc3ccn(N(C)C)c(=O)c3cc2c1=O. The summed E-state index contributed by atoms with van der Waals surface area (Å²) in [5.74, 6) is 0. The predicted octanol–water partition coefficient (Wildman–Crippen LogP) is 0.471. The van der Waals surface area contributed by atoms with Gasteiger partial charge in [0, 0.05) is 39.6 Å². The molecule has 0 fully saturated rings. The van der Waals surface area contributed by atoms with Crippen LogP contribution in [-0.4, -0.2) is 53.9 Å². The Bertz CT molecular complexity index is 1020. The van der Waals surface area contributed by atoms with Crippen molar-refractivity contribution < 1.29 is 0 Å². The molecule has 3 aromatic heterocycles. The van der Waals surface area contributed by atoms with Crippen LogP contribution in [0, 0.1) is 0 Å². The lowest BCUT2D eigenvalue weighted by Crippen LogP contribution is -2.35. The van der Waals surface area contributed by atoms with Gasteiger partial charge in [0.1, 0.15) is 0 Å². The maximum atomic E-state index is 12.7. The second kappa shape index (κ2) is 6.09. The second-order valence-electron chi connectivity index (χ2n) is 6.28. The molecular formula is C17H21N5O2. The first-order chi connectivity index (χ1) is 11.4. The molecule has 0 saturated heterocycles. The Kier molecular flexibility index (Phi) is 4.11. The Morgan fingerprint density at radius 3 is 2.21 bits per heavy atom. The van der Waals surface area contributed by atoms with Gasteiger partial charge in [-0.25, -0.2) is 9.66 Å². The van der Waals surface area contributed by atoms with Gasteiger partial charge < -0.3 is 14.5 Å². The topological polar surface area (TPSA) is 63.4 Å². The van der Waals surface area contributed by atoms with Crippen LogP contribution in [0.3, 0.4) is 0 Å². The summed E-state index contributed by atoms with van der Waals surface area (Å²) in [6, 6.07) is 5.27. The van der Waals surface area contributed by atoms with Gasteiger partial charge in [-0.2, -0.15) is 0 Å². The zero-order valence-electron chi connectivity index (χ0n) is 14.4. The lowest BCUT2D eigenvalue weighted by molar-refractivity contribution is 0.381. The highest BCUT2D eigenvalue weighted by Gasteiger charge is 2.10. The Morgan fingerprint density at radius 1 is 0.958 bits per heavy atom. The minimum atomic E-state index is -0.185. The van der Waals surface area contributed by atoms with Crippen molar-refractivity contribution in [2.24, 2.45) is 0 Å². The summed E-state index contributed by atoms with van der Waals surface area (Å²) >= 11 is 0. The average molecular weight is 327 g/mol. The monoisotopic (exact) mass is 327 g/mol. The van der Waals surface area contributed by atoms with Gasteiger partial charge in [0.2, 0.25) is 0 Å². The minimum Gasteiger partial charge on any atom is -0.316 e. The zero-order chi connectivity index (χ0) is 17.4. The van der Waals surface area contributed by atoms with Crippen molar-refractivity contribution in [3.8, 4) is 0 Å². The van der Waals surface area contributed by atoms with E-state index in [1.54, 1.807) is 48.2 Å². The number of fused-ring (bicyclic) bond motifs is 2. The first-order valence-corrected chi connectivity index (χ1v) is 7.76. The van der Waals surface area contributed by atoms with E-state index in [4.69, 9.17) is 0 Å². The largest absolute Gasteiger partial charge is 0.316 e. The van der Waals surface area contributed by atoms with Crippen molar-refractivity contribution in [2.75, 3.05) is 39.7 Å². The smallest absolute Gasteiger partial charge is 0.278 e. The molecule has 0 N–H and O–H groups in total. The first kappa shape index (κ1) is 16.2. The highest BCUT2D eigenvalue weighted by molar-refractivity contribution is 5.91. The van der Waals surface area contributed by atoms with E-state index in [0.29, 0.717) is 28.4 Å². The summed E-state index contributed by atoms with van der Waals surface area (Å²) in [5.41, 5.74) is 0.894. The number of nitrogens with zero attached hydrogens (tertiary/aromatic N) is 5. The summed E-state index contributed by atoms with van der Waals surface area (Å²) in [7, 11) is 7.50. The molecule has 0 saturated carbocycles. The third-order valence-electron chi connectivity index (χ3n) is 4.02. The van der Waals surface area contributed by atoms with Gasteiger partial charge in [-0.15, -0.1) is 0 Å². The molecule has 0 radical (unpaired) electrons. The zero-order valence-corrected chi connectivity index (χ0v) is 14.4. The molecule has 7 nitrogen and oxygen atoms in total. The molecule has 0 aromatic carbocycles. The molecule has 126 valence electrons. The molecule has 3 heterocycles. The summed E-state index contributed by atoms with van der Waals surface area (Å²) in [4.78, 5) is 31.8. The molecule has 0 atom stereocenters. The summed E-state index contributed by atoms with van der Waals surface area (Å²) < 4.78 is 3.15. The van der Waals surface area contributed by atoms with Gasteiger partial charge in [-0.3, -0.25) is 9.59 Å². The van der Waals surface area contributed by atoms with Crippen molar-refractivity contribution in [1.29, 1.82) is 0 Å². The van der Waals surface area contributed by atoms with Crippen LogP contribution in [-0.2, 0) is 6.54 Å². The Morgan fingerprint density at radius 2 is 1.58 bits per heavy atom. The van der Waals surface area contributed by atoms with Crippen LogP contribution >= 0.6 is 0 Å². The summed E-state index contributed by atoms with van der Waals surface area (Å²) in [6.45, 7) is 1.36. The second-order valence-corrected chi connectivity index (χ2v) is 6.28. The quantitative estimate of drug-likeness (QED) is 0.652. The van der Waals surface area contributed by atoms with Gasteiger partial charge in [0.25, 0.3) is 11.1 Å². The van der Waals surface area contributed by atoms with Crippen LogP contribution < -0.4 is 16.1 Å². The van der Waals surface area contributed by atoms with Crippen LogP contribution in [0.5, 0.6) is 0 Å². The highest BCUT2D eigenvalue weighted by Crippen LogP contribution is 2.14. The van der Waals surface area contributed by atoms with E-state index in [-0.39, 0.29) is 11.1 Å². The molecular weight excluding hydrogens is 306 g/mol. The van der Waals surface area contributed by atoms with Crippen LogP contribution in [0.4, 0.5) is 0 Å². The van der Waals surface area contributed by atoms with E-state index in [1.807, 2.05) is 25.1 Å². The van der Waals surface area contributed by atoms with Crippen molar-refractivity contribution in [2.45, 2.75) is 6.54 Å². The number of hydrogen-bond acceptors (Lipinski definition) is 5. The molecule has 0 aliphatic carbocycles. The Balaban J connectivity index is 2.23. The standard InChI is InChI=1S/C17H21N5O2/c1-19(2)9-10-21-7-5-14-12(16(21)23)11-13-15(18-14)6-8-22(17(13)24)20(3)4/h5-8,11H,9-10H2,1-4H3. The number of rotatable bonds is 4. The molecule has 3 rings (SSSR count). The molecule has 0 bridgehead atoms. The van der Waals surface area contributed by atoms with E-state index in [2.05, 4.69) is 4.98 Å². The minimum absolute atomic E-state index is 0.122. The third kappa shape index (κ3) is 2.78. The van der Waals surface area contributed by atoms with Crippen LogP contribution in [0.15, 0.2) is 40.2 Å². The number of hydrogen-bond donors (Lipinski definition) is 0. The summed E-state index contributed by atoms with van der Waals surface area (Å²) in [5, 5.41) is 2.60. The molecule has 0 amide bonds. The number of aromatic nitrogens is 3. The summed E-state index contributed by atoms with van der Waals surface area (Å²) in [6.07, 6.45) is 3.44. The van der Waals surface area contributed by atoms with E-state index in [1.165, 1.54) is 4.68 Å². The fourth-order valence-electron chi connectivity index (χ4n) is 2.65. The molecule has 0 aliphatic heterocycles. The van der Waals surface area contributed by atoms with Gasteiger partial charge in [0.15, 0.2) is 0 Å². The van der Waals surface area contributed by atoms with E-state index >= 15 is 0 Å². The fourth-order valence-corrected chi connectivity index (χ4v) is 2.65. The van der Waals surface area contributed by atoms with Crippen molar-refractivity contribution in [1.82, 2.24) is 19.1 Å². The average Bonchev–Trinajstić information content (AvgIpc) is 2.53. The van der Waals surface area contributed by atoms with E-state index in [0.717, 1.165) is 6.54 Å². The first-order valence-electron chi connectivity index (χ1n) is 7.76. The van der Waals surface area contributed by atoms with Gasteiger partial charge in [-0.05, 0) is 32.3 Å². The van der Waals surface area contributed by atoms with Crippen molar-refractivity contribution in [3.05, 3.63) is 51.3 Å². The number of likely N-dealkylation sites (N-methyl/N-ethyl adjacent to an activating group) is 1. The van der Waals surface area contributed by atoms with Crippen molar-refractivity contribution >= 4 is 21.8 Å². The lowest BCUT2D eigenvalue weighted by Gasteiger charge is -2.16. The molecule has 3 aromatic rings. The normalized spacial score (nSPS) is 11.5. The van der Waals surface area contributed by atoms with Crippen LogP contribution in [0.1, 0.15) is 0 Å². The van der Waals surface area contributed by atoms with E-state index < -0.39 is 0 Å². The molecule has 0 unspecified atom stereocenters. The Labute approximate surface area is 139 Å². The maximum Gasteiger partial charge on any atom is 0.278 e. The highest BCUT2D eigenvalue weighted by atomic mass is 16.1. The van der Waals surface area contributed by atoms with Gasteiger partial charge in [0.05, 0.1) is 21.8 Å². The molecule has 0 spiro atoms. The molecule has 0 aliphatic rings. The van der Waals surface area contributed by atoms with E-state index in [9.17, 15) is 9.59 Å². The number of pyridine rings is 3. The van der Waals surface area contributed by atoms with Gasteiger partial charge in [-0.1, -0.05) is 0 Å². The maximum absolute atomic E-state index is 12.7. The molecule has 24 heavy (non-hydrogen) atoms. The fraction of sp³-hybridized carbons (Fsp3) is 0.353. The molecule has 7 heteroatoms. The predicted molar refractivity (Wildman–Crippen MR) is 96.4 cm³/mol. The van der Waals surface area contributed by atoms with Crippen LogP contribution in [0.25, 0.3) is 21.8 Å². The van der Waals surface area contributed by atoms with Gasteiger partial charge >= 0.3 is 0 Å². The lowest BCUT2D eigenvalue weighted by atomic mass is 10.2. The van der Waals surface area contributed by atoms with Crippen molar-refractivity contribution in [3.63, 3.8) is 0 Å². The van der Waals surface area contributed by atoms with Crippen LogP contribution in [0.2, 0.25) is 0 Å².